The van der Waals surface area contributed by atoms with Crippen LogP contribution in [0.25, 0.3) is 0 Å². The van der Waals surface area contributed by atoms with Gasteiger partial charge in [0.15, 0.2) is 0 Å². The van der Waals surface area contributed by atoms with Crippen molar-refractivity contribution in [1.82, 2.24) is 0 Å². The second-order valence-corrected chi connectivity index (χ2v) is 5.26. The van der Waals surface area contributed by atoms with Crippen LogP contribution < -0.4 is 11.1 Å². The summed E-state index contributed by atoms with van der Waals surface area (Å²) >= 11 is 0. The fraction of sp³-hybridized carbons (Fsp3) is 0.222. The van der Waals surface area contributed by atoms with E-state index in [-0.39, 0.29) is 12.4 Å². The molecule has 0 saturated heterocycles. The lowest BCUT2D eigenvalue weighted by Crippen LogP contribution is -2.27. The van der Waals surface area contributed by atoms with Crippen molar-refractivity contribution in [2.24, 2.45) is 5.73 Å². The van der Waals surface area contributed by atoms with Gasteiger partial charge in [0.2, 0.25) is 5.91 Å². The molecule has 5 nitrogen and oxygen atoms in total. The molecule has 5 heteroatoms. The van der Waals surface area contributed by atoms with Crippen LogP contribution in [0.4, 0.5) is 5.69 Å². The Morgan fingerprint density at radius 1 is 1.04 bits per heavy atom. The van der Waals surface area contributed by atoms with E-state index in [1.54, 1.807) is 0 Å². The van der Waals surface area contributed by atoms with E-state index in [4.69, 9.17) is 15.6 Å². The van der Waals surface area contributed by atoms with Crippen molar-refractivity contribution in [2.45, 2.75) is 25.8 Å². The third-order valence-electron chi connectivity index (χ3n) is 3.29. The Kier molecular flexibility index (Phi) is 7.50. The number of nitrogens with two attached hydrogens (primary N) is 1. The van der Waals surface area contributed by atoms with Crippen molar-refractivity contribution >= 4 is 18.1 Å². The Labute approximate surface area is 136 Å². The summed E-state index contributed by atoms with van der Waals surface area (Å²) in [6.07, 6.45) is 0. The van der Waals surface area contributed by atoms with Gasteiger partial charge in [0.25, 0.3) is 6.47 Å². The molecule has 2 aromatic rings. The molecule has 0 saturated carbocycles. The van der Waals surface area contributed by atoms with E-state index in [1.807, 2.05) is 54.6 Å². The molecule has 1 amide bonds. The number of hydrogen-bond donors (Lipinski definition) is 3. The van der Waals surface area contributed by atoms with Gasteiger partial charge >= 0.3 is 0 Å². The number of benzene rings is 2. The van der Waals surface area contributed by atoms with Crippen LogP contribution in [0, 0.1) is 0 Å². The predicted octanol–water partition coefficient (Wildman–Crippen LogP) is 3.15. The van der Waals surface area contributed by atoms with Crippen LogP contribution in [0.5, 0.6) is 0 Å². The number of anilines is 1. The molecule has 0 aliphatic heterocycles. The highest BCUT2D eigenvalue weighted by Gasteiger charge is 2.15. The molecule has 0 aliphatic carbocycles. The second kappa shape index (κ2) is 9.38. The third-order valence-corrected chi connectivity index (χ3v) is 3.29. The molecule has 0 radical (unpaired) electrons. The number of rotatable bonds is 4. The van der Waals surface area contributed by atoms with Gasteiger partial charge in [-0.3, -0.25) is 9.59 Å². The van der Waals surface area contributed by atoms with Crippen LogP contribution >= 0.6 is 0 Å². The summed E-state index contributed by atoms with van der Waals surface area (Å²) in [5, 5.41) is 9.73. The van der Waals surface area contributed by atoms with Crippen molar-refractivity contribution in [1.29, 1.82) is 0 Å². The molecule has 1 unspecified atom stereocenters. The van der Waals surface area contributed by atoms with Crippen LogP contribution in [0.15, 0.2) is 54.6 Å². The zero-order valence-corrected chi connectivity index (χ0v) is 13.3. The maximum Gasteiger partial charge on any atom is 0.290 e. The van der Waals surface area contributed by atoms with Gasteiger partial charge in [-0.25, -0.2) is 0 Å². The number of carbonyl (C=O) groups is 2. The first-order valence-electron chi connectivity index (χ1n) is 7.28. The largest absolute Gasteiger partial charge is 0.483 e. The van der Waals surface area contributed by atoms with Gasteiger partial charge in [-0.15, -0.1) is 0 Å². The number of nitrogens with one attached hydrogen (secondary N) is 1. The SMILES string of the molecule is CC(C)c1ccc(NC(=O)C(N)c2ccccc2)cc1.O=CO. The van der Waals surface area contributed by atoms with Crippen molar-refractivity contribution in [3.8, 4) is 0 Å². The average molecular weight is 314 g/mol. The molecule has 2 aromatic carbocycles. The molecule has 0 fully saturated rings. The number of hydrogen-bond acceptors (Lipinski definition) is 3. The summed E-state index contributed by atoms with van der Waals surface area (Å²) in [6.45, 7) is 4.03. The number of carbonyl (C=O) groups excluding carboxylic acids is 1. The lowest BCUT2D eigenvalue weighted by atomic mass is 10.0. The van der Waals surface area contributed by atoms with E-state index in [0.29, 0.717) is 5.92 Å². The maximum absolute atomic E-state index is 12.1. The van der Waals surface area contributed by atoms with Crippen LogP contribution in [0.1, 0.15) is 36.9 Å². The van der Waals surface area contributed by atoms with E-state index in [1.165, 1.54) is 5.56 Å². The second-order valence-electron chi connectivity index (χ2n) is 5.26. The molecule has 0 aliphatic rings. The first kappa shape index (κ1) is 18.4. The Morgan fingerprint density at radius 2 is 1.57 bits per heavy atom. The zero-order valence-electron chi connectivity index (χ0n) is 13.3. The van der Waals surface area contributed by atoms with E-state index in [2.05, 4.69) is 19.2 Å². The Balaban J connectivity index is 0.000000816. The van der Waals surface area contributed by atoms with Gasteiger partial charge in [0.05, 0.1) is 0 Å². The van der Waals surface area contributed by atoms with Gasteiger partial charge in [0.1, 0.15) is 6.04 Å². The van der Waals surface area contributed by atoms with Crippen molar-refractivity contribution in [3.63, 3.8) is 0 Å². The summed E-state index contributed by atoms with van der Waals surface area (Å²) < 4.78 is 0. The highest BCUT2D eigenvalue weighted by molar-refractivity contribution is 5.95. The van der Waals surface area contributed by atoms with Crippen LogP contribution in [0.2, 0.25) is 0 Å². The van der Waals surface area contributed by atoms with Crippen LogP contribution in [0.3, 0.4) is 0 Å². The molecule has 1 atom stereocenters. The van der Waals surface area contributed by atoms with E-state index < -0.39 is 6.04 Å². The molecule has 2 rings (SSSR count). The topological polar surface area (TPSA) is 92.4 Å². The minimum absolute atomic E-state index is 0.200. The van der Waals surface area contributed by atoms with E-state index in [9.17, 15) is 4.79 Å². The van der Waals surface area contributed by atoms with E-state index >= 15 is 0 Å². The smallest absolute Gasteiger partial charge is 0.290 e. The summed E-state index contributed by atoms with van der Waals surface area (Å²) in [5.74, 6) is 0.278. The Bertz CT molecular complexity index is 610. The van der Waals surface area contributed by atoms with Crippen LogP contribution in [-0.4, -0.2) is 17.5 Å². The van der Waals surface area contributed by atoms with Gasteiger partial charge in [-0.2, -0.15) is 0 Å². The molecule has 4 N–H and O–H groups in total. The van der Waals surface area contributed by atoms with Crippen molar-refractivity contribution in [3.05, 3.63) is 65.7 Å². The normalized spacial score (nSPS) is 11.1. The zero-order chi connectivity index (χ0) is 17.2. The molecule has 0 spiro atoms. The fourth-order valence-electron chi connectivity index (χ4n) is 1.98. The van der Waals surface area contributed by atoms with Crippen LogP contribution in [-0.2, 0) is 9.59 Å². The quantitative estimate of drug-likeness (QED) is 0.756. The first-order chi connectivity index (χ1) is 11.0. The standard InChI is InChI=1S/C17H20N2O.CH2O2/c1-12(2)13-8-10-15(11-9-13)19-17(20)16(18)14-6-4-3-5-7-14;2-1-3/h3-12,16H,18H2,1-2H3,(H,19,20);1H,(H,2,3). The molecule has 0 bridgehead atoms. The average Bonchev–Trinajstić information content (AvgIpc) is 2.56. The summed E-state index contributed by atoms with van der Waals surface area (Å²) in [7, 11) is 0. The number of amides is 1. The molecular formula is C18H22N2O3. The minimum atomic E-state index is -0.652. The van der Waals surface area contributed by atoms with Gasteiger partial charge in [-0.1, -0.05) is 56.3 Å². The fourth-order valence-corrected chi connectivity index (χ4v) is 1.98. The van der Waals surface area contributed by atoms with Crippen molar-refractivity contribution in [2.75, 3.05) is 5.32 Å². The van der Waals surface area contributed by atoms with Gasteiger partial charge < -0.3 is 16.2 Å². The lowest BCUT2D eigenvalue weighted by Gasteiger charge is -2.13. The highest BCUT2D eigenvalue weighted by atomic mass is 16.3. The van der Waals surface area contributed by atoms with E-state index in [0.717, 1.165) is 11.3 Å². The maximum atomic E-state index is 12.1. The molecule has 23 heavy (non-hydrogen) atoms. The molecular weight excluding hydrogens is 292 g/mol. The Morgan fingerprint density at radius 3 is 2.04 bits per heavy atom. The lowest BCUT2D eigenvalue weighted by molar-refractivity contribution is -0.123. The molecule has 0 aromatic heterocycles. The summed E-state index contributed by atoms with van der Waals surface area (Å²) in [6, 6.07) is 16.6. The minimum Gasteiger partial charge on any atom is -0.483 e. The summed E-state index contributed by atoms with van der Waals surface area (Å²) in [4.78, 5) is 20.5. The van der Waals surface area contributed by atoms with Gasteiger partial charge in [0, 0.05) is 5.69 Å². The molecule has 122 valence electrons. The third kappa shape index (κ3) is 5.92. The predicted molar refractivity (Wildman–Crippen MR) is 91.2 cm³/mol. The first-order valence-corrected chi connectivity index (χ1v) is 7.28. The number of carboxylic acid groups (broad SMARTS) is 1. The Hall–Kier alpha value is -2.66. The van der Waals surface area contributed by atoms with Gasteiger partial charge in [-0.05, 0) is 29.2 Å². The highest BCUT2D eigenvalue weighted by Crippen LogP contribution is 2.18. The monoisotopic (exact) mass is 314 g/mol. The summed E-state index contributed by atoms with van der Waals surface area (Å²) in [5.41, 5.74) is 8.78. The van der Waals surface area contributed by atoms with Crippen molar-refractivity contribution < 1.29 is 14.7 Å². The molecule has 0 heterocycles.